The summed E-state index contributed by atoms with van der Waals surface area (Å²) in [5.41, 5.74) is 2.36. The molecule has 3 aromatic carbocycles. The van der Waals surface area contributed by atoms with Gasteiger partial charge in [0, 0.05) is 23.7 Å². The van der Waals surface area contributed by atoms with Crippen LogP contribution in [-0.4, -0.2) is 23.9 Å². The second-order valence-corrected chi connectivity index (χ2v) is 8.63. The summed E-state index contributed by atoms with van der Waals surface area (Å²) < 4.78 is 5.93. The lowest BCUT2D eigenvalue weighted by molar-refractivity contribution is 0.102. The van der Waals surface area contributed by atoms with Gasteiger partial charge < -0.3 is 10.1 Å². The number of carbonyl (C=O) groups excluding carboxylic acids is 1. The molecule has 0 spiro atoms. The van der Waals surface area contributed by atoms with Gasteiger partial charge in [-0.1, -0.05) is 48.9 Å². The van der Waals surface area contributed by atoms with Gasteiger partial charge in [-0.3, -0.25) is 9.69 Å². The molecule has 0 radical (unpaired) electrons. The maximum absolute atomic E-state index is 12.9. The fraction of sp³-hybridized carbons (Fsp3) is 0.269. The van der Waals surface area contributed by atoms with E-state index in [1.807, 2.05) is 54.6 Å². The minimum Gasteiger partial charge on any atom is -0.455 e. The van der Waals surface area contributed by atoms with Gasteiger partial charge in [0.1, 0.15) is 5.75 Å². The quantitative estimate of drug-likeness (QED) is 0.474. The molecule has 3 aromatic rings. The summed E-state index contributed by atoms with van der Waals surface area (Å²) in [4.78, 5) is 15.3. The SMILES string of the molecule is C[C@H]1CCCN(Cc2ccc(C(=O)Nc3cc(Cl)ccc3Oc3ccccc3)cc2)C1. The van der Waals surface area contributed by atoms with Crippen molar-refractivity contribution in [3.8, 4) is 11.5 Å². The van der Waals surface area contributed by atoms with Gasteiger partial charge in [-0.2, -0.15) is 0 Å². The first-order valence-electron chi connectivity index (χ1n) is 10.7. The van der Waals surface area contributed by atoms with E-state index in [4.69, 9.17) is 16.3 Å². The number of nitrogens with zero attached hydrogens (tertiary/aromatic N) is 1. The van der Waals surface area contributed by atoms with Gasteiger partial charge in [0.25, 0.3) is 5.91 Å². The minimum absolute atomic E-state index is 0.196. The number of ether oxygens (including phenoxy) is 1. The molecular weight excluding hydrogens is 408 g/mol. The third-order valence-electron chi connectivity index (χ3n) is 5.52. The molecule has 1 N–H and O–H groups in total. The highest BCUT2D eigenvalue weighted by Crippen LogP contribution is 2.32. The van der Waals surface area contributed by atoms with Crippen molar-refractivity contribution in [2.75, 3.05) is 18.4 Å². The van der Waals surface area contributed by atoms with Crippen LogP contribution in [0.15, 0.2) is 72.8 Å². The number of hydrogen-bond acceptors (Lipinski definition) is 3. The predicted molar refractivity (Wildman–Crippen MR) is 126 cm³/mol. The zero-order chi connectivity index (χ0) is 21.6. The number of rotatable bonds is 6. The maximum Gasteiger partial charge on any atom is 0.255 e. The summed E-state index contributed by atoms with van der Waals surface area (Å²) in [6, 6.07) is 22.5. The van der Waals surface area contributed by atoms with Crippen LogP contribution in [0.1, 0.15) is 35.7 Å². The van der Waals surface area contributed by atoms with E-state index in [-0.39, 0.29) is 5.91 Å². The number of halogens is 1. The molecule has 1 heterocycles. The number of amides is 1. The Hall–Kier alpha value is -2.82. The third kappa shape index (κ3) is 5.87. The van der Waals surface area contributed by atoms with E-state index >= 15 is 0 Å². The lowest BCUT2D eigenvalue weighted by Crippen LogP contribution is -2.33. The average molecular weight is 435 g/mol. The van der Waals surface area contributed by atoms with Crippen LogP contribution in [0.3, 0.4) is 0 Å². The Morgan fingerprint density at radius 2 is 1.87 bits per heavy atom. The Balaban J connectivity index is 1.44. The molecule has 0 aliphatic carbocycles. The molecule has 1 aliphatic heterocycles. The summed E-state index contributed by atoms with van der Waals surface area (Å²) in [6.45, 7) is 5.52. The smallest absolute Gasteiger partial charge is 0.255 e. The van der Waals surface area contributed by atoms with Crippen molar-refractivity contribution in [2.24, 2.45) is 5.92 Å². The van der Waals surface area contributed by atoms with Gasteiger partial charge in [0.05, 0.1) is 5.69 Å². The molecule has 160 valence electrons. The van der Waals surface area contributed by atoms with Crippen LogP contribution < -0.4 is 10.1 Å². The molecule has 1 amide bonds. The van der Waals surface area contributed by atoms with Crippen LogP contribution in [-0.2, 0) is 6.54 Å². The third-order valence-corrected chi connectivity index (χ3v) is 5.76. The van der Waals surface area contributed by atoms with Crippen LogP contribution in [0.25, 0.3) is 0 Å². The van der Waals surface area contributed by atoms with Crippen molar-refractivity contribution in [3.63, 3.8) is 0 Å². The first-order chi connectivity index (χ1) is 15.1. The Morgan fingerprint density at radius 3 is 2.61 bits per heavy atom. The van der Waals surface area contributed by atoms with Crippen LogP contribution >= 0.6 is 11.6 Å². The molecule has 0 unspecified atom stereocenters. The molecule has 1 atom stereocenters. The predicted octanol–water partition coefficient (Wildman–Crippen LogP) is 6.62. The van der Waals surface area contributed by atoms with E-state index < -0.39 is 0 Å². The van der Waals surface area contributed by atoms with Crippen molar-refractivity contribution >= 4 is 23.2 Å². The van der Waals surface area contributed by atoms with Crippen molar-refractivity contribution in [1.29, 1.82) is 0 Å². The van der Waals surface area contributed by atoms with Gasteiger partial charge in [-0.25, -0.2) is 0 Å². The number of likely N-dealkylation sites (tertiary alicyclic amines) is 1. The molecule has 1 aliphatic rings. The summed E-state index contributed by atoms with van der Waals surface area (Å²) in [7, 11) is 0. The number of nitrogens with one attached hydrogen (secondary N) is 1. The van der Waals surface area contributed by atoms with Crippen molar-refractivity contribution < 1.29 is 9.53 Å². The fourth-order valence-electron chi connectivity index (χ4n) is 3.95. The Kier molecular flexibility index (Phi) is 6.90. The second kappa shape index (κ2) is 9.99. The lowest BCUT2D eigenvalue weighted by atomic mass is 9.99. The maximum atomic E-state index is 12.9. The van der Waals surface area contributed by atoms with E-state index in [1.54, 1.807) is 18.2 Å². The molecule has 31 heavy (non-hydrogen) atoms. The van der Waals surface area contributed by atoms with Gasteiger partial charge in [-0.15, -0.1) is 0 Å². The monoisotopic (exact) mass is 434 g/mol. The lowest BCUT2D eigenvalue weighted by Gasteiger charge is -2.30. The van der Waals surface area contributed by atoms with Gasteiger partial charge >= 0.3 is 0 Å². The normalized spacial score (nSPS) is 16.6. The highest BCUT2D eigenvalue weighted by molar-refractivity contribution is 6.31. The molecular formula is C26H27ClN2O2. The van der Waals surface area contributed by atoms with E-state index in [1.165, 1.54) is 18.4 Å². The molecule has 4 nitrogen and oxygen atoms in total. The zero-order valence-electron chi connectivity index (χ0n) is 17.7. The zero-order valence-corrected chi connectivity index (χ0v) is 18.4. The minimum atomic E-state index is -0.196. The summed E-state index contributed by atoms with van der Waals surface area (Å²) in [5.74, 6) is 1.79. The number of carbonyl (C=O) groups is 1. The van der Waals surface area contributed by atoms with Gasteiger partial charge in [0.15, 0.2) is 5.75 Å². The first-order valence-corrected chi connectivity index (χ1v) is 11.1. The Labute approximate surface area is 188 Å². The first kappa shape index (κ1) is 21.4. The largest absolute Gasteiger partial charge is 0.455 e. The number of hydrogen-bond donors (Lipinski definition) is 1. The number of piperidine rings is 1. The average Bonchev–Trinajstić information content (AvgIpc) is 2.77. The van der Waals surface area contributed by atoms with Gasteiger partial charge in [0.2, 0.25) is 0 Å². The second-order valence-electron chi connectivity index (χ2n) is 8.19. The van der Waals surface area contributed by atoms with E-state index in [2.05, 4.69) is 17.1 Å². The Morgan fingerprint density at radius 1 is 1.10 bits per heavy atom. The number of benzene rings is 3. The molecule has 4 rings (SSSR count). The Bertz CT molecular complexity index is 1020. The molecule has 0 saturated carbocycles. The number of para-hydroxylation sites is 1. The van der Waals surface area contributed by atoms with Crippen LogP contribution in [0, 0.1) is 5.92 Å². The highest BCUT2D eigenvalue weighted by Gasteiger charge is 2.17. The molecule has 0 bridgehead atoms. The molecule has 5 heteroatoms. The molecule has 1 fully saturated rings. The standard InChI is InChI=1S/C26H27ClN2O2/c1-19-6-5-15-29(17-19)18-20-9-11-21(12-10-20)26(30)28-24-16-22(27)13-14-25(24)31-23-7-3-2-4-8-23/h2-4,7-14,16,19H,5-6,15,17-18H2,1H3,(H,28,30)/t19-/m0/s1. The summed E-state index contributed by atoms with van der Waals surface area (Å²) >= 11 is 6.16. The van der Waals surface area contributed by atoms with E-state index in [0.717, 1.165) is 25.6 Å². The van der Waals surface area contributed by atoms with E-state index in [0.29, 0.717) is 27.8 Å². The van der Waals surface area contributed by atoms with Gasteiger partial charge in [-0.05, 0) is 73.3 Å². The van der Waals surface area contributed by atoms with E-state index in [9.17, 15) is 4.79 Å². The highest BCUT2D eigenvalue weighted by atomic mass is 35.5. The number of anilines is 1. The summed E-state index contributed by atoms with van der Waals surface area (Å²) in [6.07, 6.45) is 2.57. The van der Waals surface area contributed by atoms with Crippen molar-refractivity contribution in [3.05, 3.63) is 88.9 Å². The van der Waals surface area contributed by atoms with Crippen molar-refractivity contribution in [2.45, 2.75) is 26.3 Å². The van der Waals surface area contributed by atoms with Crippen LogP contribution in [0.4, 0.5) is 5.69 Å². The topological polar surface area (TPSA) is 41.6 Å². The van der Waals surface area contributed by atoms with Crippen LogP contribution in [0.2, 0.25) is 5.02 Å². The van der Waals surface area contributed by atoms with Crippen molar-refractivity contribution in [1.82, 2.24) is 4.90 Å². The molecule has 1 saturated heterocycles. The van der Waals surface area contributed by atoms with Crippen LogP contribution in [0.5, 0.6) is 11.5 Å². The fourth-order valence-corrected chi connectivity index (χ4v) is 4.12. The summed E-state index contributed by atoms with van der Waals surface area (Å²) in [5, 5.41) is 3.47. The molecule has 0 aromatic heterocycles.